The summed E-state index contributed by atoms with van der Waals surface area (Å²) in [6, 6.07) is 21.5. The number of hydrogen-bond donors (Lipinski definition) is 2. The molecule has 3 aromatic carbocycles. The highest BCUT2D eigenvalue weighted by Crippen LogP contribution is 2.31. The summed E-state index contributed by atoms with van der Waals surface area (Å²) >= 11 is 0. The van der Waals surface area contributed by atoms with E-state index in [1.54, 1.807) is 49.4 Å². The van der Waals surface area contributed by atoms with Gasteiger partial charge in [0.25, 0.3) is 0 Å². The molecule has 0 radical (unpaired) electrons. The first-order valence-electron chi connectivity index (χ1n) is 9.92. The lowest BCUT2D eigenvalue weighted by Crippen LogP contribution is -2.39. The van der Waals surface area contributed by atoms with Crippen LogP contribution in [0.1, 0.15) is 23.7 Å². The molecule has 1 unspecified atom stereocenters. The minimum absolute atomic E-state index is 0.141. The smallest absolute Gasteiger partial charge is 0.366 e. The van der Waals surface area contributed by atoms with Crippen molar-refractivity contribution in [3.63, 3.8) is 0 Å². The highest BCUT2D eigenvalue weighted by molar-refractivity contribution is 6.00. The lowest BCUT2D eigenvalue weighted by molar-refractivity contribution is -0.121. The average Bonchev–Trinajstić information content (AvgIpc) is 2.77. The van der Waals surface area contributed by atoms with Gasteiger partial charge in [0.2, 0.25) is 5.91 Å². The number of fused-ring (bicyclic) bond motifs is 1. The van der Waals surface area contributed by atoms with Crippen LogP contribution in [0.15, 0.2) is 82.1 Å². The molecule has 6 nitrogen and oxygen atoms in total. The number of amides is 1. The number of nitrogens with one attached hydrogen (secondary N) is 1. The third-order valence-corrected chi connectivity index (χ3v) is 5.56. The fourth-order valence-corrected chi connectivity index (χ4v) is 3.72. The lowest BCUT2D eigenvalue weighted by Gasteiger charge is -2.29. The molecule has 0 aliphatic carbocycles. The van der Waals surface area contributed by atoms with Crippen molar-refractivity contribution in [2.75, 3.05) is 5.32 Å². The van der Waals surface area contributed by atoms with Gasteiger partial charge in [0.05, 0.1) is 16.5 Å². The number of rotatable bonds is 5. The van der Waals surface area contributed by atoms with Gasteiger partial charge in [-0.25, -0.2) is 4.79 Å². The number of carbonyl (C=O) groups excluding carboxylic acids is 1. The minimum Gasteiger partial charge on any atom is -0.508 e. The Hall–Kier alpha value is -3.93. The normalized spacial score (nSPS) is 13.0. The van der Waals surface area contributed by atoms with Gasteiger partial charge in [0.1, 0.15) is 5.75 Å². The SMILES string of the molecule is Cc1noc(=O)c2ccc(NC(=O)C(C)(Cc3ccccc3)c3ccc(O)cc3)cc12. The van der Waals surface area contributed by atoms with Crippen LogP contribution in [0, 0.1) is 6.92 Å². The number of benzene rings is 3. The quantitative estimate of drug-likeness (QED) is 0.507. The molecule has 0 saturated heterocycles. The molecule has 1 aromatic heterocycles. The number of aromatic hydroxyl groups is 1. The van der Waals surface area contributed by atoms with Crippen LogP contribution in [0.25, 0.3) is 10.8 Å². The van der Waals surface area contributed by atoms with E-state index >= 15 is 0 Å². The second-order valence-electron chi connectivity index (χ2n) is 7.81. The monoisotopic (exact) mass is 414 g/mol. The number of carbonyl (C=O) groups is 1. The Balaban J connectivity index is 1.72. The number of hydrogen-bond acceptors (Lipinski definition) is 5. The first-order chi connectivity index (χ1) is 14.9. The number of phenols is 1. The van der Waals surface area contributed by atoms with Crippen molar-refractivity contribution in [2.24, 2.45) is 0 Å². The molecule has 0 fully saturated rings. The van der Waals surface area contributed by atoms with Gasteiger partial charge < -0.3 is 14.9 Å². The molecule has 6 heteroatoms. The van der Waals surface area contributed by atoms with E-state index in [2.05, 4.69) is 10.5 Å². The first kappa shape index (κ1) is 20.3. The number of anilines is 1. The topological polar surface area (TPSA) is 92.4 Å². The number of aromatic nitrogens is 1. The molecule has 2 N–H and O–H groups in total. The van der Waals surface area contributed by atoms with Crippen LogP contribution in [-0.2, 0) is 16.6 Å². The fourth-order valence-electron chi connectivity index (χ4n) is 3.72. The van der Waals surface area contributed by atoms with E-state index in [0.717, 1.165) is 11.1 Å². The van der Waals surface area contributed by atoms with Gasteiger partial charge >= 0.3 is 5.63 Å². The van der Waals surface area contributed by atoms with E-state index in [1.807, 2.05) is 37.3 Å². The lowest BCUT2D eigenvalue weighted by atomic mass is 9.76. The molecular weight excluding hydrogens is 392 g/mol. The van der Waals surface area contributed by atoms with Crippen LogP contribution in [0.2, 0.25) is 0 Å². The van der Waals surface area contributed by atoms with E-state index in [0.29, 0.717) is 28.6 Å². The van der Waals surface area contributed by atoms with E-state index in [9.17, 15) is 14.7 Å². The van der Waals surface area contributed by atoms with Crippen molar-refractivity contribution in [2.45, 2.75) is 25.7 Å². The summed E-state index contributed by atoms with van der Waals surface area (Å²) < 4.78 is 4.77. The second kappa shape index (κ2) is 8.07. The Morgan fingerprint density at radius 1 is 1.03 bits per heavy atom. The zero-order chi connectivity index (χ0) is 22.0. The van der Waals surface area contributed by atoms with Crippen molar-refractivity contribution in [1.82, 2.24) is 5.16 Å². The van der Waals surface area contributed by atoms with E-state index in [1.165, 1.54) is 0 Å². The van der Waals surface area contributed by atoms with Crippen LogP contribution in [0.3, 0.4) is 0 Å². The minimum atomic E-state index is -0.896. The van der Waals surface area contributed by atoms with Crippen molar-refractivity contribution in [3.8, 4) is 5.75 Å². The maximum Gasteiger partial charge on any atom is 0.366 e. The molecule has 1 heterocycles. The Bertz CT molecular complexity index is 1300. The van der Waals surface area contributed by atoms with Crippen LogP contribution in [0.5, 0.6) is 5.75 Å². The van der Waals surface area contributed by atoms with Crippen LogP contribution >= 0.6 is 0 Å². The van der Waals surface area contributed by atoms with Gasteiger partial charge in [0.15, 0.2) is 0 Å². The average molecular weight is 414 g/mol. The van der Waals surface area contributed by atoms with Crippen LogP contribution < -0.4 is 10.9 Å². The molecule has 31 heavy (non-hydrogen) atoms. The standard InChI is InChI=1S/C25H22N2O4/c1-16-22-14-19(10-13-21(22)23(29)31-27-16)26-24(30)25(2,15-17-6-4-3-5-7-17)18-8-11-20(28)12-9-18/h3-14,28H,15H2,1-2H3,(H,26,30). The van der Waals surface area contributed by atoms with Crippen molar-refractivity contribution in [3.05, 3.63) is 100 Å². The van der Waals surface area contributed by atoms with Gasteiger partial charge in [-0.15, -0.1) is 0 Å². The molecule has 4 rings (SSSR count). The molecule has 4 aromatic rings. The van der Waals surface area contributed by atoms with Gasteiger partial charge in [0, 0.05) is 11.1 Å². The number of phenolic OH excluding ortho intramolecular Hbond substituents is 1. The summed E-state index contributed by atoms with van der Waals surface area (Å²) in [4.78, 5) is 25.4. The van der Waals surface area contributed by atoms with Crippen LogP contribution in [0.4, 0.5) is 5.69 Å². The number of nitrogens with zero attached hydrogens (tertiary/aromatic N) is 1. The van der Waals surface area contributed by atoms with E-state index < -0.39 is 11.0 Å². The van der Waals surface area contributed by atoms with Crippen molar-refractivity contribution < 1.29 is 14.4 Å². The molecule has 0 saturated carbocycles. The first-order valence-corrected chi connectivity index (χ1v) is 9.92. The molecule has 1 amide bonds. The van der Waals surface area contributed by atoms with Crippen LogP contribution in [-0.4, -0.2) is 16.2 Å². The zero-order valence-electron chi connectivity index (χ0n) is 17.3. The van der Waals surface area contributed by atoms with Gasteiger partial charge in [-0.3, -0.25) is 4.79 Å². The Kier molecular flexibility index (Phi) is 5.29. The largest absolute Gasteiger partial charge is 0.508 e. The van der Waals surface area contributed by atoms with Crippen molar-refractivity contribution >= 4 is 22.4 Å². The second-order valence-corrected chi connectivity index (χ2v) is 7.81. The van der Waals surface area contributed by atoms with Gasteiger partial charge in [-0.2, -0.15) is 0 Å². The predicted octanol–water partition coefficient (Wildman–Crippen LogP) is 4.34. The summed E-state index contributed by atoms with van der Waals surface area (Å²) in [5.41, 5.74) is 1.52. The molecule has 0 aliphatic rings. The summed E-state index contributed by atoms with van der Waals surface area (Å²) in [5, 5.41) is 17.5. The number of aryl methyl sites for hydroxylation is 1. The fraction of sp³-hybridized carbons (Fsp3) is 0.160. The summed E-state index contributed by atoms with van der Waals surface area (Å²) in [6.07, 6.45) is 0.474. The van der Waals surface area contributed by atoms with Gasteiger partial charge in [-0.1, -0.05) is 47.6 Å². The van der Waals surface area contributed by atoms with E-state index in [4.69, 9.17) is 4.52 Å². The summed E-state index contributed by atoms with van der Waals surface area (Å²) in [6.45, 7) is 3.62. The maximum atomic E-state index is 13.5. The highest BCUT2D eigenvalue weighted by atomic mass is 16.5. The Morgan fingerprint density at radius 3 is 2.45 bits per heavy atom. The molecular formula is C25H22N2O4. The molecule has 0 spiro atoms. The highest BCUT2D eigenvalue weighted by Gasteiger charge is 2.35. The molecule has 156 valence electrons. The third-order valence-electron chi connectivity index (χ3n) is 5.56. The summed E-state index contributed by atoms with van der Waals surface area (Å²) in [5.74, 6) is -0.0578. The third kappa shape index (κ3) is 4.05. The molecule has 0 aliphatic heterocycles. The zero-order valence-corrected chi connectivity index (χ0v) is 17.3. The Morgan fingerprint density at radius 2 is 1.74 bits per heavy atom. The Labute approximate surface area is 179 Å². The van der Waals surface area contributed by atoms with Gasteiger partial charge in [-0.05, 0) is 61.7 Å². The molecule has 0 bridgehead atoms. The summed E-state index contributed by atoms with van der Waals surface area (Å²) in [7, 11) is 0. The van der Waals surface area contributed by atoms with E-state index in [-0.39, 0.29) is 11.7 Å². The maximum absolute atomic E-state index is 13.5. The molecule has 1 atom stereocenters. The van der Waals surface area contributed by atoms with Crippen molar-refractivity contribution in [1.29, 1.82) is 0 Å². The predicted molar refractivity (Wildman–Crippen MR) is 119 cm³/mol.